The van der Waals surface area contributed by atoms with Crippen LogP contribution >= 0.6 is 11.8 Å². The average molecular weight is 1580 g/mol. The van der Waals surface area contributed by atoms with E-state index in [-0.39, 0.29) is 38.1 Å². The van der Waals surface area contributed by atoms with Gasteiger partial charge in [0.2, 0.25) is 9.84 Å². The van der Waals surface area contributed by atoms with Crippen LogP contribution in [0.25, 0.3) is 0 Å². The zero-order valence-electron chi connectivity index (χ0n) is 64.0. The van der Waals surface area contributed by atoms with E-state index < -0.39 is 9.84 Å². The van der Waals surface area contributed by atoms with Crippen molar-refractivity contribution in [3.8, 4) is 5.75 Å². The second kappa shape index (κ2) is 39.5. The highest BCUT2D eigenvalue weighted by atomic mass is 32.2. The Morgan fingerprint density at radius 3 is 1.01 bits per heavy atom. The van der Waals surface area contributed by atoms with Crippen LogP contribution in [0.15, 0.2) is 382 Å². The van der Waals surface area contributed by atoms with Gasteiger partial charge in [-0.2, -0.15) is 0 Å². The van der Waals surface area contributed by atoms with Gasteiger partial charge in [-0.25, -0.2) is 8.42 Å². The molecular formula is C96H105NO3S8+6. The third kappa shape index (κ3) is 20.0. The predicted octanol–water partition coefficient (Wildman–Crippen LogP) is 25.5. The fourth-order valence-corrected chi connectivity index (χ4v) is 32.0. The highest BCUT2D eigenvalue weighted by molar-refractivity contribution is 8.04. The Hall–Kier alpha value is -7.36. The van der Waals surface area contributed by atoms with Crippen LogP contribution in [0.1, 0.15) is 109 Å². The van der Waals surface area contributed by atoms with Gasteiger partial charge < -0.3 is 10.1 Å². The van der Waals surface area contributed by atoms with Gasteiger partial charge in [0.25, 0.3) is 0 Å². The molecular weight excluding hydrogens is 1470 g/mol. The van der Waals surface area contributed by atoms with E-state index in [2.05, 4.69) is 277 Å². The van der Waals surface area contributed by atoms with Crippen LogP contribution in [0, 0.1) is 13.8 Å². The summed E-state index contributed by atoms with van der Waals surface area (Å²) in [4.78, 5) is 19.7. The van der Waals surface area contributed by atoms with Crippen LogP contribution in [0.3, 0.4) is 0 Å². The molecule has 3 saturated heterocycles. The van der Waals surface area contributed by atoms with E-state index in [0.717, 1.165) is 20.4 Å². The number of methoxy groups -OCH3 is 1. The summed E-state index contributed by atoms with van der Waals surface area (Å²) in [5, 5.41) is 3.55. The molecule has 0 spiro atoms. The SMILES string of the molecule is CC.CC(C)(C)c1ccc([S+]2CCCCC2)cc1.COc1c(C)cc([S+]2CCCCC2)cc1C.O=S1(=O)c2ccccc2[S+](c2ccccc2)c2ccccc21.c1ccc([S+]2CCCCC2)cc1.c1ccc([S+]2c3ccccc3Nc3ccccc32)cc1.c1ccc([S+]2c3ccccc3Sc3ccccc32)cc1. The predicted molar refractivity (Wildman–Crippen MR) is 470 cm³/mol. The van der Waals surface area contributed by atoms with Gasteiger partial charge in [0, 0.05) is 32.7 Å². The van der Waals surface area contributed by atoms with Crippen molar-refractivity contribution in [2.75, 3.05) is 46.9 Å². The van der Waals surface area contributed by atoms with E-state index in [0.29, 0.717) is 42.5 Å². The van der Waals surface area contributed by atoms with Crippen molar-refractivity contribution < 1.29 is 13.2 Å². The minimum Gasteiger partial charge on any atom is -0.496 e. The van der Waals surface area contributed by atoms with E-state index in [4.69, 9.17) is 4.74 Å². The standard InChI is InChI=1S/C18H14NS.C18H13O2S2.C18H13S2.C15H23S.C14H21OS.C11H15S.C2H6/c1-2-8-14(9-3-1)20-17-12-6-4-10-15(17)19-16-11-5-7-13-18(16)20;19-22(20)17-12-6-4-10-15(17)21(14-8-2-1-3-9-14)16-11-5-7-13-18(16)22;1-2-8-14(9-3-1)20-17-12-6-4-10-15(17)19-16-11-5-7-13-18(16)20;1-15(2,3)13-7-9-14(10-8-13)16-11-5-4-6-12-16;1-11-9-13(10-12(2)14(11)15-3)16-7-5-4-6-8-16;1-3-7-11(8-4-1)12-9-5-2-6-10-12;1-2/h1-13,19H;1-13H;1-13H;7-10H,4-6,11-12H2,1-3H3;9-10H,4-8H2,1-3H3;1,3-4,7-8H,2,5-6,9-10H2;1-2H3/q6*+1;. The summed E-state index contributed by atoms with van der Waals surface area (Å²) >= 11 is 1.89. The van der Waals surface area contributed by atoms with Crippen LogP contribution in [-0.4, -0.2) is 50.0 Å². The van der Waals surface area contributed by atoms with Crippen molar-refractivity contribution in [1.29, 1.82) is 0 Å². The number of nitrogens with one attached hydrogen (secondary N) is 1. The maximum atomic E-state index is 12.9. The molecule has 0 unspecified atom stereocenters. The number of fused-ring (bicyclic) bond motifs is 6. The number of hydrogen-bond acceptors (Lipinski definition) is 5. The van der Waals surface area contributed by atoms with Gasteiger partial charge in [-0.05, 0) is 239 Å². The average Bonchev–Trinajstić information content (AvgIpc) is 0.717. The summed E-state index contributed by atoms with van der Waals surface area (Å²) in [7, 11) is -0.402. The van der Waals surface area contributed by atoms with Crippen molar-refractivity contribution >= 4 is 98.3 Å². The molecule has 108 heavy (non-hydrogen) atoms. The lowest BCUT2D eigenvalue weighted by molar-refractivity contribution is 0.408. The molecule has 6 heterocycles. The summed E-state index contributed by atoms with van der Waals surface area (Å²) in [5.74, 6) is 9.57. The molecule has 4 nitrogen and oxygen atoms in total. The van der Waals surface area contributed by atoms with Crippen LogP contribution in [0.5, 0.6) is 5.75 Å². The molecule has 12 aromatic carbocycles. The first-order chi connectivity index (χ1) is 52.8. The number of hydrogen-bond donors (Lipinski definition) is 1. The van der Waals surface area contributed by atoms with E-state index in [1.807, 2.05) is 68.1 Å². The second-order valence-electron chi connectivity index (χ2n) is 27.9. The Morgan fingerprint density at radius 2 is 0.630 bits per heavy atom. The number of ether oxygens (including phenoxy) is 1. The van der Waals surface area contributed by atoms with Crippen molar-refractivity contribution in [2.24, 2.45) is 0 Å². The number of anilines is 2. The number of aryl methyl sites for hydroxylation is 2. The molecule has 1 N–H and O–H groups in total. The highest BCUT2D eigenvalue weighted by Crippen LogP contribution is 2.49. The maximum Gasteiger partial charge on any atom is 0.216 e. The van der Waals surface area contributed by atoms with Gasteiger partial charge in [0.15, 0.2) is 58.7 Å². The zero-order chi connectivity index (χ0) is 75.2. The molecule has 6 aliphatic heterocycles. The van der Waals surface area contributed by atoms with Crippen molar-refractivity contribution in [2.45, 2.75) is 190 Å². The second-order valence-corrected chi connectivity index (χ2v) is 43.6. The van der Waals surface area contributed by atoms with Crippen LogP contribution in [-0.2, 0) is 80.6 Å². The molecule has 554 valence electrons. The molecule has 0 radical (unpaired) electrons. The van der Waals surface area contributed by atoms with E-state index >= 15 is 0 Å². The number of benzene rings is 12. The monoisotopic (exact) mass is 1580 g/mol. The molecule has 0 aromatic heterocycles. The number of para-hydroxylation sites is 2. The summed E-state index contributed by atoms with van der Waals surface area (Å²) in [5.41, 5.74) is 6.76. The lowest BCUT2D eigenvalue weighted by Gasteiger charge is -2.20. The first-order valence-corrected chi connectivity index (χ1v) is 48.9. The smallest absolute Gasteiger partial charge is 0.216 e. The molecule has 0 bridgehead atoms. The molecule has 6 aliphatic rings. The first kappa shape index (κ1) is 80.2. The summed E-state index contributed by atoms with van der Waals surface area (Å²) in [6, 6.07) is 106. The maximum absolute atomic E-state index is 12.9. The lowest BCUT2D eigenvalue weighted by Crippen LogP contribution is -2.20. The minimum absolute atomic E-state index is 0.0204. The van der Waals surface area contributed by atoms with Gasteiger partial charge in [-0.15, -0.1) is 0 Å². The molecule has 12 heteroatoms. The lowest BCUT2D eigenvalue weighted by atomic mass is 9.87. The Balaban J connectivity index is 0.000000122. The molecule has 0 atom stereocenters. The van der Waals surface area contributed by atoms with Gasteiger partial charge in [0.05, 0.1) is 28.3 Å². The van der Waals surface area contributed by atoms with Crippen LogP contribution < -0.4 is 10.1 Å². The highest BCUT2D eigenvalue weighted by Gasteiger charge is 2.45. The van der Waals surface area contributed by atoms with Crippen molar-refractivity contribution in [3.05, 3.63) is 320 Å². The Kier molecular flexibility index (Phi) is 29.3. The van der Waals surface area contributed by atoms with Crippen molar-refractivity contribution in [3.63, 3.8) is 0 Å². The quantitative estimate of drug-likeness (QED) is 0.161. The van der Waals surface area contributed by atoms with Gasteiger partial charge in [-0.1, -0.05) is 204 Å². The molecule has 18 rings (SSSR count). The van der Waals surface area contributed by atoms with Gasteiger partial charge >= 0.3 is 0 Å². The zero-order valence-corrected chi connectivity index (χ0v) is 70.5. The number of sulfone groups is 1. The largest absolute Gasteiger partial charge is 0.496 e. The third-order valence-electron chi connectivity index (χ3n) is 19.4. The number of rotatable bonds is 7. The molecule has 12 aromatic rings. The fourth-order valence-electron chi connectivity index (χ4n) is 14.1. The third-order valence-corrected chi connectivity index (χ3v) is 37.5. The molecule has 0 amide bonds. The summed E-state index contributed by atoms with van der Waals surface area (Å²) in [6.45, 7) is 15.2. The van der Waals surface area contributed by atoms with E-state index in [1.165, 1.54) is 160 Å². The van der Waals surface area contributed by atoms with Crippen LogP contribution in [0.4, 0.5) is 11.4 Å². The van der Waals surface area contributed by atoms with E-state index in [9.17, 15) is 8.42 Å². The molecule has 0 aliphatic carbocycles. The normalized spacial score (nSPS) is 15.7. The summed E-state index contributed by atoms with van der Waals surface area (Å²) in [6.07, 6.45) is 12.9. The first-order valence-electron chi connectivity index (χ1n) is 38.3. The molecule has 3 fully saturated rings. The van der Waals surface area contributed by atoms with Gasteiger partial charge in [-0.3, -0.25) is 0 Å². The molecule has 0 saturated carbocycles. The topological polar surface area (TPSA) is 55.4 Å². The van der Waals surface area contributed by atoms with Gasteiger partial charge in [0.1, 0.15) is 82.7 Å². The van der Waals surface area contributed by atoms with Crippen LogP contribution in [0.2, 0.25) is 0 Å². The van der Waals surface area contributed by atoms with E-state index in [1.54, 1.807) is 46.1 Å². The fraction of sp³-hybridized carbons (Fsp3) is 0.250. The van der Waals surface area contributed by atoms with Crippen molar-refractivity contribution in [1.82, 2.24) is 0 Å². The Morgan fingerprint density at radius 1 is 0.333 bits per heavy atom. The Bertz CT molecular complexity index is 4620. The summed E-state index contributed by atoms with van der Waals surface area (Å²) < 4.78 is 31.2. The Labute approximate surface area is 668 Å². The minimum atomic E-state index is -3.44.